The average molecular weight is 312 g/mol. The van der Waals surface area contributed by atoms with Gasteiger partial charge in [-0.05, 0) is 38.6 Å². The van der Waals surface area contributed by atoms with Crippen molar-refractivity contribution in [1.29, 1.82) is 0 Å². The predicted molar refractivity (Wildman–Crippen MR) is 95.5 cm³/mol. The largest absolute Gasteiger partial charge is 0.345 e. The normalized spacial score (nSPS) is 11.9. The van der Waals surface area contributed by atoms with Crippen LogP contribution in [0, 0.1) is 5.92 Å². The van der Waals surface area contributed by atoms with Gasteiger partial charge >= 0.3 is 0 Å². The number of hydrogen-bond acceptors (Lipinski definition) is 4. The maximum absolute atomic E-state index is 4.97. The molecule has 0 saturated heterocycles. The number of thiazole rings is 1. The Morgan fingerprint density at radius 2 is 1.81 bits per heavy atom. The van der Waals surface area contributed by atoms with Gasteiger partial charge in [0.05, 0.1) is 5.69 Å². The molecule has 0 aliphatic heterocycles. The fraction of sp³-hybridized carbons (Fsp3) is 0.824. The summed E-state index contributed by atoms with van der Waals surface area (Å²) in [5, 5.41) is 4.71. The fourth-order valence-electron chi connectivity index (χ4n) is 2.33. The molecule has 1 aromatic rings. The van der Waals surface area contributed by atoms with Gasteiger partial charge in [0.25, 0.3) is 0 Å². The van der Waals surface area contributed by atoms with Crippen molar-refractivity contribution in [3.05, 3.63) is 10.6 Å². The molecule has 0 saturated carbocycles. The van der Waals surface area contributed by atoms with Crippen LogP contribution in [0.3, 0.4) is 0 Å². The molecule has 3 nitrogen and oxygen atoms in total. The van der Waals surface area contributed by atoms with Crippen LogP contribution in [0.2, 0.25) is 0 Å². The van der Waals surface area contributed by atoms with Gasteiger partial charge in [0.2, 0.25) is 0 Å². The summed E-state index contributed by atoms with van der Waals surface area (Å²) in [7, 11) is 0. The zero-order chi connectivity index (χ0) is 16.0. The van der Waals surface area contributed by atoms with Crippen LogP contribution in [0.5, 0.6) is 0 Å². The molecule has 1 heterocycles. The Labute approximate surface area is 135 Å². The molecular weight excluding hydrogens is 278 g/mol. The van der Waals surface area contributed by atoms with Gasteiger partial charge in [-0.15, -0.1) is 11.3 Å². The first-order chi connectivity index (χ1) is 9.86. The third-order valence-corrected chi connectivity index (χ3v) is 4.51. The molecule has 0 aromatic carbocycles. The van der Waals surface area contributed by atoms with E-state index in [4.69, 9.17) is 4.98 Å². The second-order valence-corrected chi connectivity index (χ2v) is 7.84. The van der Waals surface area contributed by atoms with E-state index in [1.54, 1.807) is 0 Å². The van der Waals surface area contributed by atoms with Crippen LogP contribution in [0.15, 0.2) is 0 Å². The highest BCUT2D eigenvalue weighted by molar-refractivity contribution is 7.15. The summed E-state index contributed by atoms with van der Waals surface area (Å²) in [5.41, 5.74) is 1.27. The summed E-state index contributed by atoms with van der Waals surface area (Å²) < 4.78 is 0. The van der Waals surface area contributed by atoms with Crippen molar-refractivity contribution in [2.24, 2.45) is 5.92 Å². The molecule has 0 radical (unpaired) electrons. The molecule has 1 N–H and O–H groups in total. The molecule has 0 aliphatic carbocycles. The number of anilines is 1. The molecule has 0 fully saturated rings. The van der Waals surface area contributed by atoms with Crippen LogP contribution in [-0.2, 0) is 6.54 Å². The second kappa shape index (κ2) is 8.74. The first kappa shape index (κ1) is 18.4. The summed E-state index contributed by atoms with van der Waals surface area (Å²) in [6, 6.07) is 0.495. The van der Waals surface area contributed by atoms with E-state index in [9.17, 15) is 0 Å². The smallest absolute Gasteiger partial charge is 0.186 e. The molecule has 21 heavy (non-hydrogen) atoms. The third kappa shape index (κ3) is 5.59. The Bertz CT molecular complexity index is 410. The van der Waals surface area contributed by atoms with E-state index >= 15 is 0 Å². The lowest BCUT2D eigenvalue weighted by Gasteiger charge is -2.27. The van der Waals surface area contributed by atoms with E-state index in [0.29, 0.717) is 17.9 Å². The number of hydrogen-bond donors (Lipinski definition) is 1. The molecular formula is C17H33N3S. The van der Waals surface area contributed by atoms with Crippen LogP contribution in [0.1, 0.15) is 71.4 Å². The number of aromatic nitrogens is 1. The molecule has 0 bridgehead atoms. The Kier molecular flexibility index (Phi) is 7.67. The molecule has 0 amide bonds. The van der Waals surface area contributed by atoms with E-state index in [1.807, 2.05) is 11.3 Å². The second-order valence-electron chi connectivity index (χ2n) is 6.78. The average Bonchev–Trinajstić information content (AvgIpc) is 2.80. The lowest BCUT2D eigenvalue weighted by molar-refractivity contribution is 0.569. The maximum atomic E-state index is 4.97. The van der Waals surface area contributed by atoms with Gasteiger partial charge in [-0.25, -0.2) is 4.98 Å². The van der Waals surface area contributed by atoms with Crippen LogP contribution in [0.4, 0.5) is 5.13 Å². The number of nitrogens with zero attached hydrogens (tertiary/aromatic N) is 2. The van der Waals surface area contributed by atoms with Crippen LogP contribution in [-0.4, -0.2) is 24.1 Å². The molecule has 0 atom stereocenters. The van der Waals surface area contributed by atoms with Crippen molar-refractivity contribution in [2.45, 2.75) is 73.4 Å². The highest BCUT2D eigenvalue weighted by Gasteiger charge is 2.20. The van der Waals surface area contributed by atoms with E-state index < -0.39 is 0 Å². The number of rotatable bonds is 9. The minimum absolute atomic E-state index is 0.487. The minimum atomic E-state index is 0.487. The predicted octanol–water partition coefficient (Wildman–Crippen LogP) is 4.64. The van der Waals surface area contributed by atoms with E-state index in [-0.39, 0.29) is 0 Å². The van der Waals surface area contributed by atoms with E-state index in [1.165, 1.54) is 22.1 Å². The zero-order valence-electron chi connectivity index (χ0n) is 14.9. The maximum Gasteiger partial charge on any atom is 0.186 e. The molecule has 1 aromatic heterocycles. The lowest BCUT2D eigenvalue weighted by Crippen LogP contribution is -2.34. The third-order valence-electron chi connectivity index (χ3n) is 3.41. The van der Waals surface area contributed by atoms with Gasteiger partial charge in [-0.3, -0.25) is 0 Å². The summed E-state index contributed by atoms with van der Waals surface area (Å²) in [6.45, 7) is 18.8. The summed E-state index contributed by atoms with van der Waals surface area (Å²) in [6.07, 6.45) is 1.17. The Balaban J connectivity index is 2.97. The van der Waals surface area contributed by atoms with Gasteiger partial charge < -0.3 is 10.2 Å². The summed E-state index contributed by atoms with van der Waals surface area (Å²) in [5.74, 6) is 1.14. The standard InChI is InChI=1S/C17H33N3S/c1-8-9-18-10-15-16(13(4)5)19-17(21-15)20(14(6)7)11-12(2)3/h12-14,18H,8-11H2,1-7H3. The topological polar surface area (TPSA) is 28.2 Å². The zero-order valence-corrected chi connectivity index (χ0v) is 15.7. The minimum Gasteiger partial charge on any atom is -0.345 e. The van der Waals surface area contributed by atoms with Gasteiger partial charge in [0.15, 0.2) is 5.13 Å². The lowest BCUT2D eigenvalue weighted by atomic mass is 10.1. The van der Waals surface area contributed by atoms with Gasteiger partial charge in [-0.1, -0.05) is 34.6 Å². The van der Waals surface area contributed by atoms with Crippen molar-refractivity contribution in [3.63, 3.8) is 0 Å². The quantitative estimate of drug-likeness (QED) is 0.674. The molecule has 0 aliphatic rings. The van der Waals surface area contributed by atoms with E-state index in [0.717, 1.165) is 19.6 Å². The van der Waals surface area contributed by atoms with E-state index in [2.05, 4.69) is 58.7 Å². The summed E-state index contributed by atoms with van der Waals surface area (Å²) >= 11 is 1.87. The van der Waals surface area contributed by atoms with Gasteiger partial charge in [-0.2, -0.15) is 0 Å². The summed E-state index contributed by atoms with van der Waals surface area (Å²) in [4.78, 5) is 8.82. The first-order valence-corrected chi connectivity index (χ1v) is 9.15. The molecule has 122 valence electrons. The van der Waals surface area contributed by atoms with Crippen molar-refractivity contribution in [3.8, 4) is 0 Å². The fourth-order valence-corrected chi connectivity index (χ4v) is 3.66. The van der Waals surface area contributed by atoms with Crippen molar-refractivity contribution < 1.29 is 0 Å². The van der Waals surface area contributed by atoms with Crippen LogP contribution < -0.4 is 10.2 Å². The van der Waals surface area contributed by atoms with Gasteiger partial charge in [0, 0.05) is 24.0 Å². The van der Waals surface area contributed by atoms with Crippen LogP contribution in [0.25, 0.3) is 0 Å². The number of nitrogens with one attached hydrogen (secondary N) is 1. The molecule has 0 unspecified atom stereocenters. The Morgan fingerprint density at radius 1 is 1.14 bits per heavy atom. The Morgan fingerprint density at radius 3 is 2.29 bits per heavy atom. The highest BCUT2D eigenvalue weighted by Crippen LogP contribution is 2.32. The molecule has 0 spiro atoms. The monoisotopic (exact) mass is 311 g/mol. The Hall–Kier alpha value is -0.610. The molecule has 1 rings (SSSR count). The highest BCUT2D eigenvalue weighted by atomic mass is 32.1. The van der Waals surface area contributed by atoms with Crippen LogP contribution >= 0.6 is 11.3 Å². The van der Waals surface area contributed by atoms with Crippen molar-refractivity contribution in [1.82, 2.24) is 10.3 Å². The van der Waals surface area contributed by atoms with Gasteiger partial charge in [0.1, 0.15) is 0 Å². The first-order valence-electron chi connectivity index (χ1n) is 8.33. The molecule has 4 heteroatoms. The van der Waals surface area contributed by atoms with Crippen molar-refractivity contribution >= 4 is 16.5 Å². The SMILES string of the molecule is CCCNCc1sc(N(CC(C)C)C(C)C)nc1C(C)C. The van der Waals surface area contributed by atoms with Crippen molar-refractivity contribution in [2.75, 3.05) is 18.0 Å².